The molecule has 1 aromatic rings. The minimum Gasteiger partial charge on any atom is -0.313 e. The summed E-state index contributed by atoms with van der Waals surface area (Å²) in [7, 11) is 1.90. The fourth-order valence-corrected chi connectivity index (χ4v) is 1.38. The van der Waals surface area contributed by atoms with Gasteiger partial charge in [-0.15, -0.1) is 0 Å². The van der Waals surface area contributed by atoms with Crippen LogP contribution in [-0.2, 0) is 13.1 Å². The van der Waals surface area contributed by atoms with Crippen molar-refractivity contribution < 1.29 is 0 Å². The van der Waals surface area contributed by atoms with Crippen LogP contribution in [0.1, 0.15) is 38.4 Å². The molecule has 0 aromatic carbocycles. The van der Waals surface area contributed by atoms with Crippen LogP contribution in [0, 0.1) is 0 Å². The molecule has 0 amide bonds. The smallest absolute Gasteiger partial charge is 0.164 e. The summed E-state index contributed by atoms with van der Waals surface area (Å²) < 4.78 is 1.93. The van der Waals surface area contributed by atoms with Crippen LogP contribution in [0.15, 0.2) is 6.33 Å². The van der Waals surface area contributed by atoms with Crippen LogP contribution in [-0.4, -0.2) is 21.8 Å². The third-order valence-electron chi connectivity index (χ3n) is 2.16. The molecule has 1 heterocycles. The van der Waals surface area contributed by atoms with Gasteiger partial charge in [0.05, 0.1) is 6.54 Å². The van der Waals surface area contributed by atoms with Crippen molar-refractivity contribution in [1.29, 1.82) is 0 Å². The van der Waals surface area contributed by atoms with Gasteiger partial charge in [0.15, 0.2) is 5.82 Å². The Kier molecular flexibility index (Phi) is 5.22. The Labute approximate surface area is 85.7 Å². The Morgan fingerprint density at radius 3 is 2.93 bits per heavy atom. The Morgan fingerprint density at radius 2 is 2.21 bits per heavy atom. The molecule has 4 heteroatoms. The molecule has 0 aliphatic carbocycles. The topological polar surface area (TPSA) is 42.7 Å². The molecule has 0 saturated carbocycles. The van der Waals surface area contributed by atoms with Gasteiger partial charge in [0.25, 0.3) is 0 Å². The fraction of sp³-hybridized carbons (Fsp3) is 0.800. The van der Waals surface area contributed by atoms with E-state index in [-0.39, 0.29) is 0 Å². The second-order valence-electron chi connectivity index (χ2n) is 3.51. The zero-order valence-electron chi connectivity index (χ0n) is 9.16. The van der Waals surface area contributed by atoms with E-state index in [1.165, 1.54) is 25.7 Å². The van der Waals surface area contributed by atoms with Gasteiger partial charge in [-0.3, -0.25) is 4.68 Å². The molecular formula is C10H20N4. The van der Waals surface area contributed by atoms with Crippen molar-refractivity contribution in [2.75, 3.05) is 7.05 Å². The van der Waals surface area contributed by atoms with Gasteiger partial charge >= 0.3 is 0 Å². The molecule has 0 unspecified atom stereocenters. The van der Waals surface area contributed by atoms with Crippen molar-refractivity contribution >= 4 is 0 Å². The Hall–Kier alpha value is -0.900. The van der Waals surface area contributed by atoms with E-state index in [4.69, 9.17) is 0 Å². The summed E-state index contributed by atoms with van der Waals surface area (Å²) in [4.78, 5) is 4.19. The van der Waals surface area contributed by atoms with Crippen molar-refractivity contribution in [1.82, 2.24) is 20.1 Å². The zero-order valence-corrected chi connectivity index (χ0v) is 9.16. The van der Waals surface area contributed by atoms with Gasteiger partial charge in [0.1, 0.15) is 6.33 Å². The van der Waals surface area contributed by atoms with E-state index in [2.05, 4.69) is 22.3 Å². The summed E-state index contributed by atoms with van der Waals surface area (Å²) in [5.41, 5.74) is 0. The molecule has 0 spiro atoms. The van der Waals surface area contributed by atoms with Gasteiger partial charge in [-0.2, -0.15) is 5.10 Å². The standard InChI is InChI=1S/C10H20N4/c1-3-4-5-6-7-14-9-12-10(13-14)8-11-2/h9,11H,3-8H2,1-2H3. The number of aryl methyl sites for hydroxylation is 1. The van der Waals surface area contributed by atoms with Crippen LogP contribution in [0.4, 0.5) is 0 Å². The van der Waals surface area contributed by atoms with Crippen LogP contribution >= 0.6 is 0 Å². The molecule has 0 radical (unpaired) electrons. The molecule has 1 aromatic heterocycles. The number of nitrogens with one attached hydrogen (secondary N) is 1. The molecule has 0 atom stereocenters. The molecule has 1 rings (SSSR count). The fourth-order valence-electron chi connectivity index (χ4n) is 1.38. The van der Waals surface area contributed by atoms with E-state index in [9.17, 15) is 0 Å². The molecule has 4 nitrogen and oxygen atoms in total. The SMILES string of the molecule is CCCCCCn1cnc(CNC)n1. The largest absolute Gasteiger partial charge is 0.313 e. The van der Waals surface area contributed by atoms with Crippen molar-refractivity contribution in [2.45, 2.75) is 45.7 Å². The maximum Gasteiger partial charge on any atom is 0.164 e. The lowest BCUT2D eigenvalue weighted by atomic mass is 10.2. The van der Waals surface area contributed by atoms with Gasteiger partial charge < -0.3 is 5.32 Å². The van der Waals surface area contributed by atoms with Crippen LogP contribution in [0.25, 0.3) is 0 Å². The molecule has 1 N–H and O–H groups in total. The number of hydrogen-bond acceptors (Lipinski definition) is 3. The van der Waals surface area contributed by atoms with Crippen LogP contribution < -0.4 is 5.32 Å². The van der Waals surface area contributed by atoms with Gasteiger partial charge in [-0.25, -0.2) is 4.98 Å². The van der Waals surface area contributed by atoms with E-state index < -0.39 is 0 Å². The minimum absolute atomic E-state index is 0.752. The average molecular weight is 196 g/mol. The summed E-state index contributed by atoms with van der Waals surface area (Å²) >= 11 is 0. The molecule has 0 saturated heterocycles. The highest BCUT2D eigenvalue weighted by molar-refractivity contribution is 4.79. The highest BCUT2D eigenvalue weighted by Crippen LogP contribution is 2.00. The first-order valence-electron chi connectivity index (χ1n) is 5.39. The molecule has 14 heavy (non-hydrogen) atoms. The first kappa shape index (κ1) is 11.2. The number of rotatable bonds is 7. The van der Waals surface area contributed by atoms with Crippen molar-refractivity contribution in [3.05, 3.63) is 12.2 Å². The van der Waals surface area contributed by atoms with Gasteiger partial charge in [0, 0.05) is 6.54 Å². The molecule has 0 aliphatic heterocycles. The van der Waals surface area contributed by atoms with Gasteiger partial charge in [-0.1, -0.05) is 26.2 Å². The van der Waals surface area contributed by atoms with Crippen molar-refractivity contribution in [2.24, 2.45) is 0 Å². The molecule has 0 fully saturated rings. The van der Waals surface area contributed by atoms with Crippen LogP contribution in [0.3, 0.4) is 0 Å². The number of nitrogens with zero attached hydrogens (tertiary/aromatic N) is 3. The summed E-state index contributed by atoms with van der Waals surface area (Å²) in [5.74, 6) is 0.878. The Bertz CT molecular complexity index is 244. The third-order valence-corrected chi connectivity index (χ3v) is 2.16. The van der Waals surface area contributed by atoms with Crippen molar-refractivity contribution in [3.8, 4) is 0 Å². The second-order valence-corrected chi connectivity index (χ2v) is 3.51. The van der Waals surface area contributed by atoms with E-state index in [1.807, 2.05) is 18.1 Å². The minimum atomic E-state index is 0.752. The molecular weight excluding hydrogens is 176 g/mol. The lowest BCUT2D eigenvalue weighted by molar-refractivity contribution is 0.535. The molecule has 80 valence electrons. The summed E-state index contributed by atoms with van der Waals surface area (Å²) in [6.07, 6.45) is 6.91. The molecule has 0 aliphatic rings. The van der Waals surface area contributed by atoms with Crippen LogP contribution in [0.5, 0.6) is 0 Å². The Morgan fingerprint density at radius 1 is 1.36 bits per heavy atom. The van der Waals surface area contributed by atoms with E-state index in [0.717, 1.165) is 18.9 Å². The predicted molar refractivity (Wildman–Crippen MR) is 56.9 cm³/mol. The third kappa shape index (κ3) is 3.87. The normalized spacial score (nSPS) is 10.7. The summed E-state index contributed by atoms with van der Waals surface area (Å²) in [6.45, 7) is 3.97. The highest BCUT2D eigenvalue weighted by Gasteiger charge is 1.98. The van der Waals surface area contributed by atoms with E-state index >= 15 is 0 Å². The monoisotopic (exact) mass is 196 g/mol. The number of hydrogen-bond donors (Lipinski definition) is 1. The molecule has 0 bridgehead atoms. The first-order chi connectivity index (χ1) is 6.86. The summed E-state index contributed by atoms with van der Waals surface area (Å²) in [5, 5.41) is 7.38. The lowest BCUT2D eigenvalue weighted by Crippen LogP contribution is -2.07. The predicted octanol–water partition coefficient (Wildman–Crippen LogP) is 1.58. The average Bonchev–Trinajstić information content (AvgIpc) is 2.61. The summed E-state index contributed by atoms with van der Waals surface area (Å²) in [6, 6.07) is 0. The second kappa shape index (κ2) is 6.54. The van der Waals surface area contributed by atoms with E-state index in [1.54, 1.807) is 0 Å². The maximum atomic E-state index is 4.34. The van der Waals surface area contributed by atoms with E-state index in [0.29, 0.717) is 0 Å². The number of aromatic nitrogens is 3. The van der Waals surface area contributed by atoms with Crippen molar-refractivity contribution in [3.63, 3.8) is 0 Å². The first-order valence-corrected chi connectivity index (χ1v) is 5.39. The van der Waals surface area contributed by atoms with Gasteiger partial charge in [-0.05, 0) is 13.5 Å². The van der Waals surface area contributed by atoms with Gasteiger partial charge in [0.2, 0.25) is 0 Å². The zero-order chi connectivity index (χ0) is 10.2. The van der Waals surface area contributed by atoms with Crippen LogP contribution in [0.2, 0.25) is 0 Å². The Balaban J connectivity index is 2.22. The lowest BCUT2D eigenvalue weighted by Gasteiger charge is -1.99. The maximum absolute atomic E-state index is 4.34. The number of unbranched alkanes of at least 4 members (excludes halogenated alkanes) is 3. The quantitative estimate of drug-likeness (QED) is 0.673. The highest BCUT2D eigenvalue weighted by atomic mass is 15.3.